The predicted molar refractivity (Wildman–Crippen MR) is 112 cm³/mol. The van der Waals surface area contributed by atoms with Crippen molar-refractivity contribution in [2.24, 2.45) is 0 Å². The lowest BCUT2D eigenvalue weighted by Gasteiger charge is -2.16. The van der Waals surface area contributed by atoms with Crippen molar-refractivity contribution in [1.82, 2.24) is 15.1 Å². The molecule has 2 heterocycles. The van der Waals surface area contributed by atoms with Gasteiger partial charge in [-0.1, -0.05) is 30.3 Å². The first kappa shape index (κ1) is 18.7. The van der Waals surface area contributed by atoms with Crippen LogP contribution in [0.2, 0.25) is 0 Å². The number of rotatable bonds is 6. The van der Waals surface area contributed by atoms with Crippen LogP contribution in [-0.4, -0.2) is 28.1 Å². The molecule has 29 heavy (non-hydrogen) atoms. The number of aromatic nitrogens is 2. The van der Waals surface area contributed by atoms with Crippen molar-refractivity contribution in [3.05, 3.63) is 84.2 Å². The highest BCUT2D eigenvalue weighted by Gasteiger charge is 2.21. The third-order valence-electron chi connectivity index (χ3n) is 4.81. The summed E-state index contributed by atoms with van der Waals surface area (Å²) < 4.78 is 1.77. The summed E-state index contributed by atoms with van der Waals surface area (Å²) in [4.78, 5) is 25.9. The molecule has 3 aromatic rings. The number of nitrogens with one attached hydrogen (secondary N) is 1. The normalized spacial score (nSPS) is 13.9. The van der Waals surface area contributed by atoms with E-state index in [1.165, 1.54) is 6.08 Å². The molecule has 6 heteroatoms. The summed E-state index contributed by atoms with van der Waals surface area (Å²) in [5.74, 6) is -0.0229. The van der Waals surface area contributed by atoms with E-state index in [1.54, 1.807) is 21.9 Å². The van der Waals surface area contributed by atoms with Crippen LogP contribution in [0.5, 0.6) is 0 Å². The fraction of sp³-hybridized carbons (Fsp3) is 0.174. The fourth-order valence-corrected chi connectivity index (χ4v) is 3.32. The van der Waals surface area contributed by atoms with Gasteiger partial charge >= 0.3 is 0 Å². The van der Waals surface area contributed by atoms with Crippen LogP contribution in [0.1, 0.15) is 24.0 Å². The lowest BCUT2D eigenvalue weighted by Crippen LogP contribution is -2.24. The number of hydrogen-bond donors (Lipinski definition) is 1. The first-order chi connectivity index (χ1) is 14.2. The predicted octanol–water partition coefficient (Wildman–Crippen LogP) is 3.33. The zero-order valence-corrected chi connectivity index (χ0v) is 16.0. The van der Waals surface area contributed by atoms with E-state index in [4.69, 9.17) is 0 Å². The van der Waals surface area contributed by atoms with Crippen molar-refractivity contribution in [2.75, 3.05) is 11.4 Å². The second kappa shape index (κ2) is 8.56. The minimum atomic E-state index is -0.180. The number of nitrogens with zero attached hydrogens (tertiary/aromatic N) is 3. The van der Waals surface area contributed by atoms with Crippen LogP contribution in [0.3, 0.4) is 0 Å². The van der Waals surface area contributed by atoms with Crippen molar-refractivity contribution >= 4 is 23.6 Å². The third-order valence-corrected chi connectivity index (χ3v) is 4.81. The largest absolute Gasteiger partial charge is 0.348 e. The Morgan fingerprint density at radius 3 is 2.72 bits per heavy atom. The third kappa shape index (κ3) is 4.60. The molecule has 1 aliphatic heterocycles. The van der Waals surface area contributed by atoms with Gasteiger partial charge in [-0.2, -0.15) is 5.10 Å². The number of para-hydroxylation sites is 1. The van der Waals surface area contributed by atoms with E-state index < -0.39 is 0 Å². The molecule has 2 aromatic carbocycles. The number of anilines is 1. The van der Waals surface area contributed by atoms with Gasteiger partial charge in [0.25, 0.3) is 0 Å². The summed E-state index contributed by atoms with van der Waals surface area (Å²) in [6, 6.07) is 17.5. The second-order valence-electron chi connectivity index (χ2n) is 6.92. The molecule has 0 spiro atoms. The molecule has 0 aliphatic carbocycles. The maximum atomic E-state index is 12.2. The monoisotopic (exact) mass is 386 g/mol. The van der Waals surface area contributed by atoms with Gasteiger partial charge < -0.3 is 10.2 Å². The Labute approximate surface area is 169 Å². The Bertz CT molecular complexity index is 1040. The van der Waals surface area contributed by atoms with Crippen LogP contribution in [0.25, 0.3) is 11.8 Å². The molecule has 0 saturated carbocycles. The first-order valence-corrected chi connectivity index (χ1v) is 9.64. The van der Waals surface area contributed by atoms with Crippen molar-refractivity contribution in [1.29, 1.82) is 0 Å². The molecule has 0 radical (unpaired) electrons. The Balaban J connectivity index is 1.33. The highest BCUT2D eigenvalue weighted by atomic mass is 16.2. The van der Waals surface area contributed by atoms with Gasteiger partial charge in [-0.3, -0.25) is 9.59 Å². The number of benzene rings is 2. The molecule has 2 amide bonds. The fourth-order valence-electron chi connectivity index (χ4n) is 3.32. The topological polar surface area (TPSA) is 67.2 Å². The van der Waals surface area contributed by atoms with E-state index in [2.05, 4.69) is 10.4 Å². The van der Waals surface area contributed by atoms with E-state index in [1.807, 2.05) is 60.8 Å². The smallest absolute Gasteiger partial charge is 0.244 e. The quantitative estimate of drug-likeness (QED) is 0.661. The first-order valence-electron chi connectivity index (χ1n) is 9.64. The minimum Gasteiger partial charge on any atom is -0.348 e. The van der Waals surface area contributed by atoms with Crippen molar-refractivity contribution in [2.45, 2.75) is 19.4 Å². The summed E-state index contributed by atoms with van der Waals surface area (Å²) in [5.41, 5.74) is 3.66. The number of hydrogen-bond acceptors (Lipinski definition) is 3. The molecule has 0 atom stereocenters. The lowest BCUT2D eigenvalue weighted by molar-refractivity contribution is -0.117. The van der Waals surface area contributed by atoms with Crippen LogP contribution in [0.4, 0.5) is 5.69 Å². The minimum absolute atomic E-state index is 0.158. The Hall–Kier alpha value is -3.67. The molecule has 146 valence electrons. The molecule has 1 N–H and O–H groups in total. The molecule has 1 saturated heterocycles. The van der Waals surface area contributed by atoms with Gasteiger partial charge in [0.15, 0.2) is 0 Å². The average Bonchev–Trinajstić information content (AvgIpc) is 3.41. The molecule has 0 unspecified atom stereocenters. The van der Waals surface area contributed by atoms with Crippen molar-refractivity contribution in [3.63, 3.8) is 0 Å². The highest BCUT2D eigenvalue weighted by Crippen LogP contribution is 2.22. The van der Waals surface area contributed by atoms with Crippen LogP contribution < -0.4 is 10.2 Å². The van der Waals surface area contributed by atoms with E-state index in [-0.39, 0.29) is 11.8 Å². The highest BCUT2D eigenvalue weighted by molar-refractivity contribution is 5.95. The van der Waals surface area contributed by atoms with Gasteiger partial charge in [-0.05, 0) is 42.3 Å². The van der Waals surface area contributed by atoms with Crippen LogP contribution in [-0.2, 0) is 16.1 Å². The maximum Gasteiger partial charge on any atom is 0.244 e. The standard InChI is InChI=1S/C23H22N4O2/c28-22(12-11-19-16-25-27(17-19)20-7-2-1-3-8-20)24-15-18-6-4-9-21(14-18)26-13-5-10-23(26)29/h1-4,6-9,11-12,14,16-17H,5,10,13,15H2,(H,24,28)/b12-11+. The summed E-state index contributed by atoms with van der Waals surface area (Å²) in [5, 5.41) is 7.19. The molecular weight excluding hydrogens is 364 g/mol. The molecule has 1 fully saturated rings. The number of amides is 2. The van der Waals surface area contributed by atoms with E-state index >= 15 is 0 Å². The summed E-state index contributed by atoms with van der Waals surface area (Å²) in [6.45, 7) is 1.16. The number of carbonyl (C=O) groups is 2. The SMILES string of the molecule is O=C(/C=C/c1cnn(-c2ccccc2)c1)NCc1cccc(N2CCCC2=O)c1. The molecule has 1 aliphatic rings. The van der Waals surface area contributed by atoms with Gasteiger partial charge in [0, 0.05) is 43.0 Å². The molecule has 4 rings (SSSR count). The average molecular weight is 386 g/mol. The molecule has 1 aromatic heterocycles. The van der Waals surface area contributed by atoms with Crippen LogP contribution in [0.15, 0.2) is 73.1 Å². The Kier molecular flexibility index (Phi) is 5.52. The Morgan fingerprint density at radius 2 is 1.93 bits per heavy atom. The lowest BCUT2D eigenvalue weighted by atomic mass is 10.2. The van der Waals surface area contributed by atoms with Gasteiger partial charge in [0.1, 0.15) is 0 Å². The molecular formula is C23H22N4O2. The summed E-state index contributed by atoms with van der Waals surface area (Å²) in [6.07, 6.45) is 8.32. The summed E-state index contributed by atoms with van der Waals surface area (Å²) in [7, 11) is 0. The van der Waals surface area contributed by atoms with E-state index in [0.29, 0.717) is 13.0 Å². The van der Waals surface area contributed by atoms with Gasteiger partial charge in [0.2, 0.25) is 11.8 Å². The zero-order valence-electron chi connectivity index (χ0n) is 16.0. The number of carbonyl (C=O) groups excluding carboxylic acids is 2. The van der Waals surface area contributed by atoms with Crippen LogP contribution in [0, 0.1) is 0 Å². The van der Waals surface area contributed by atoms with Crippen molar-refractivity contribution in [3.8, 4) is 5.69 Å². The van der Waals surface area contributed by atoms with Gasteiger partial charge in [0.05, 0.1) is 11.9 Å². The second-order valence-corrected chi connectivity index (χ2v) is 6.92. The molecule has 0 bridgehead atoms. The van der Waals surface area contributed by atoms with E-state index in [0.717, 1.165) is 35.5 Å². The van der Waals surface area contributed by atoms with Gasteiger partial charge in [-0.25, -0.2) is 4.68 Å². The maximum absolute atomic E-state index is 12.2. The van der Waals surface area contributed by atoms with E-state index in [9.17, 15) is 9.59 Å². The molecule has 6 nitrogen and oxygen atoms in total. The Morgan fingerprint density at radius 1 is 1.10 bits per heavy atom. The summed E-state index contributed by atoms with van der Waals surface area (Å²) >= 11 is 0. The zero-order chi connectivity index (χ0) is 20.1. The van der Waals surface area contributed by atoms with Gasteiger partial charge in [-0.15, -0.1) is 0 Å². The van der Waals surface area contributed by atoms with Crippen LogP contribution >= 0.6 is 0 Å². The van der Waals surface area contributed by atoms with Crippen molar-refractivity contribution < 1.29 is 9.59 Å².